The lowest BCUT2D eigenvalue weighted by Crippen LogP contribution is -2.42. The van der Waals surface area contributed by atoms with E-state index in [9.17, 15) is 22.8 Å². The molecule has 0 spiro atoms. The molecule has 2 rings (SSSR count). The van der Waals surface area contributed by atoms with Gasteiger partial charge in [0.1, 0.15) is 0 Å². The van der Waals surface area contributed by atoms with Crippen LogP contribution in [0.2, 0.25) is 0 Å². The van der Waals surface area contributed by atoms with Gasteiger partial charge in [-0.25, -0.2) is 22.7 Å². The summed E-state index contributed by atoms with van der Waals surface area (Å²) < 4.78 is 31.0. The molecule has 0 radical (unpaired) electrons. The molecule has 29 heavy (non-hydrogen) atoms. The molecule has 0 aliphatic carbocycles. The number of hydrogen-bond acceptors (Lipinski definition) is 6. The third-order valence-electron chi connectivity index (χ3n) is 3.81. The predicted octanol–water partition coefficient (Wildman–Crippen LogP) is 1.34. The van der Waals surface area contributed by atoms with Gasteiger partial charge < -0.3 is 10.1 Å². The second kappa shape index (κ2) is 9.80. The summed E-state index contributed by atoms with van der Waals surface area (Å²) in [4.78, 5) is 36.6. The number of benzene rings is 2. The maximum Gasteiger partial charge on any atom is 0.339 e. The second-order valence-electron chi connectivity index (χ2n) is 5.78. The Labute approximate surface area is 168 Å². The lowest BCUT2D eigenvalue weighted by atomic mass is 10.1. The molecule has 9 nitrogen and oxygen atoms in total. The number of nitrogens with one attached hydrogen (secondary N) is 3. The highest BCUT2D eigenvalue weighted by molar-refractivity contribution is 7.89. The van der Waals surface area contributed by atoms with Crippen LogP contribution in [0.5, 0.6) is 0 Å². The molecular formula is C19H21N3O6S. The number of imide groups is 1. The zero-order chi connectivity index (χ0) is 21.4. The van der Waals surface area contributed by atoms with Gasteiger partial charge in [-0.05, 0) is 38.2 Å². The summed E-state index contributed by atoms with van der Waals surface area (Å²) in [6, 6.07) is 12.5. The van der Waals surface area contributed by atoms with Gasteiger partial charge in [-0.2, -0.15) is 0 Å². The highest BCUT2D eigenvalue weighted by Gasteiger charge is 2.27. The van der Waals surface area contributed by atoms with Crippen LogP contribution in [0.1, 0.15) is 28.9 Å². The summed E-state index contributed by atoms with van der Waals surface area (Å²) >= 11 is 0. The van der Waals surface area contributed by atoms with E-state index in [1.165, 1.54) is 31.3 Å². The van der Waals surface area contributed by atoms with Crippen LogP contribution in [0.3, 0.4) is 0 Å². The predicted molar refractivity (Wildman–Crippen MR) is 105 cm³/mol. The van der Waals surface area contributed by atoms with Gasteiger partial charge in [0.25, 0.3) is 5.91 Å². The zero-order valence-corrected chi connectivity index (χ0v) is 16.7. The quantitative estimate of drug-likeness (QED) is 0.581. The van der Waals surface area contributed by atoms with E-state index >= 15 is 0 Å². The monoisotopic (exact) mass is 419 g/mol. The van der Waals surface area contributed by atoms with E-state index in [0.29, 0.717) is 12.1 Å². The van der Waals surface area contributed by atoms with Crippen LogP contribution in [0.4, 0.5) is 4.79 Å². The van der Waals surface area contributed by atoms with Crippen molar-refractivity contribution in [2.45, 2.75) is 17.9 Å². The van der Waals surface area contributed by atoms with Crippen molar-refractivity contribution >= 4 is 27.9 Å². The number of hydrogen-bond donors (Lipinski definition) is 3. The number of amides is 3. The molecule has 0 aromatic heterocycles. The summed E-state index contributed by atoms with van der Waals surface area (Å²) in [5.41, 5.74) is 0.420. The van der Waals surface area contributed by atoms with Crippen LogP contribution in [-0.4, -0.2) is 39.9 Å². The summed E-state index contributed by atoms with van der Waals surface area (Å²) in [6.45, 7) is 2.01. The Bertz CT molecular complexity index is 975. The molecule has 0 aliphatic rings. The van der Waals surface area contributed by atoms with Gasteiger partial charge in [0, 0.05) is 12.1 Å². The Morgan fingerprint density at radius 3 is 2.17 bits per heavy atom. The molecule has 2 aromatic rings. The van der Waals surface area contributed by atoms with Crippen molar-refractivity contribution in [1.82, 2.24) is 15.4 Å². The first kappa shape index (κ1) is 22.1. The smallest absolute Gasteiger partial charge is 0.339 e. The normalized spacial score (nSPS) is 11.9. The number of carbonyl (C=O) groups excluding carboxylic acids is 3. The molecule has 0 bridgehead atoms. The highest BCUT2D eigenvalue weighted by Crippen LogP contribution is 2.20. The lowest BCUT2D eigenvalue weighted by Gasteiger charge is -2.18. The van der Waals surface area contributed by atoms with Crippen LogP contribution in [0, 0.1) is 0 Å². The summed E-state index contributed by atoms with van der Waals surface area (Å²) in [5, 5.41) is 4.54. The molecule has 0 aliphatic heterocycles. The van der Waals surface area contributed by atoms with Crippen LogP contribution < -0.4 is 15.4 Å². The minimum absolute atomic E-state index is 0.0230. The van der Waals surface area contributed by atoms with E-state index in [4.69, 9.17) is 4.74 Å². The summed E-state index contributed by atoms with van der Waals surface area (Å²) in [7, 11) is -2.38. The topological polar surface area (TPSA) is 131 Å². The minimum atomic E-state index is -3.65. The Hall–Kier alpha value is -3.24. The van der Waals surface area contributed by atoms with Gasteiger partial charge in [0.15, 0.2) is 0 Å². The SMILES string of the molecule is CCNC(=O)NC(=O)C(OC(=O)c1ccc(S(=O)(=O)NC)cc1)c1ccccc1. The molecule has 3 N–H and O–H groups in total. The van der Waals surface area contributed by atoms with Crippen LogP contribution in [0.15, 0.2) is 59.5 Å². The maximum absolute atomic E-state index is 12.5. The van der Waals surface area contributed by atoms with Gasteiger partial charge in [0.2, 0.25) is 16.1 Å². The molecule has 10 heteroatoms. The number of rotatable bonds is 7. The van der Waals surface area contributed by atoms with E-state index in [-0.39, 0.29) is 10.5 Å². The van der Waals surface area contributed by atoms with Crippen LogP contribution in [-0.2, 0) is 19.6 Å². The van der Waals surface area contributed by atoms with Crippen LogP contribution >= 0.6 is 0 Å². The van der Waals surface area contributed by atoms with Gasteiger partial charge in [0.05, 0.1) is 10.5 Å². The number of ether oxygens (including phenoxy) is 1. The maximum atomic E-state index is 12.5. The first-order valence-electron chi connectivity index (χ1n) is 8.66. The number of carbonyl (C=O) groups is 3. The fraction of sp³-hybridized carbons (Fsp3) is 0.211. The highest BCUT2D eigenvalue weighted by atomic mass is 32.2. The third kappa shape index (κ3) is 5.87. The number of urea groups is 1. The Kier molecular flexibility index (Phi) is 7.46. The number of sulfonamides is 1. The molecule has 3 amide bonds. The van der Waals surface area contributed by atoms with E-state index in [2.05, 4.69) is 15.4 Å². The Morgan fingerprint density at radius 1 is 1.00 bits per heavy atom. The molecule has 1 unspecified atom stereocenters. The molecule has 0 saturated heterocycles. The standard InChI is InChI=1S/C19H21N3O6S/c1-3-21-19(25)22-17(23)16(13-7-5-4-6-8-13)28-18(24)14-9-11-15(12-10-14)29(26,27)20-2/h4-12,16,20H,3H2,1-2H3,(H2,21,22,23,25). The average Bonchev–Trinajstić information content (AvgIpc) is 2.72. The molecule has 1 atom stereocenters. The Balaban J connectivity index is 2.23. The van der Waals surface area contributed by atoms with Crippen molar-refractivity contribution in [1.29, 1.82) is 0 Å². The van der Waals surface area contributed by atoms with Crippen molar-refractivity contribution in [3.63, 3.8) is 0 Å². The van der Waals surface area contributed by atoms with Gasteiger partial charge in [-0.1, -0.05) is 30.3 Å². The van der Waals surface area contributed by atoms with Gasteiger partial charge >= 0.3 is 12.0 Å². The van der Waals surface area contributed by atoms with E-state index in [0.717, 1.165) is 0 Å². The zero-order valence-electron chi connectivity index (χ0n) is 15.8. The molecule has 0 heterocycles. The lowest BCUT2D eigenvalue weighted by molar-refractivity contribution is -0.129. The molecule has 0 fully saturated rings. The Morgan fingerprint density at radius 2 is 1.62 bits per heavy atom. The van der Waals surface area contributed by atoms with Gasteiger partial charge in [-0.15, -0.1) is 0 Å². The second-order valence-corrected chi connectivity index (χ2v) is 7.66. The van der Waals surface area contributed by atoms with Crippen LogP contribution in [0.25, 0.3) is 0 Å². The van der Waals surface area contributed by atoms with E-state index < -0.39 is 34.0 Å². The molecular weight excluding hydrogens is 398 g/mol. The first-order chi connectivity index (χ1) is 13.8. The van der Waals surface area contributed by atoms with Crippen molar-refractivity contribution < 1.29 is 27.5 Å². The molecule has 2 aromatic carbocycles. The first-order valence-corrected chi connectivity index (χ1v) is 10.1. The van der Waals surface area contributed by atoms with E-state index in [1.54, 1.807) is 37.3 Å². The van der Waals surface area contributed by atoms with Crippen molar-refractivity contribution in [2.75, 3.05) is 13.6 Å². The van der Waals surface area contributed by atoms with Gasteiger partial charge in [-0.3, -0.25) is 10.1 Å². The van der Waals surface area contributed by atoms with Crippen molar-refractivity contribution in [2.24, 2.45) is 0 Å². The largest absolute Gasteiger partial charge is 0.444 e. The van der Waals surface area contributed by atoms with Crippen molar-refractivity contribution in [3.8, 4) is 0 Å². The molecule has 0 saturated carbocycles. The van der Waals surface area contributed by atoms with Crippen molar-refractivity contribution in [3.05, 3.63) is 65.7 Å². The fourth-order valence-electron chi connectivity index (χ4n) is 2.35. The minimum Gasteiger partial charge on any atom is -0.444 e. The molecule has 154 valence electrons. The third-order valence-corrected chi connectivity index (χ3v) is 5.24. The number of esters is 1. The van der Waals surface area contributed by atoms with E-state index in [1.807, 2.05) is 0 Å². The summed E-state index contributed by atoms with van der Waals surface area (Å²) in [6.07, 6.45) is -1.37. The average molecular weight is 419 g/mol. The fourth-order valence-corrected chi connectivity index (χ4v) is 3.08. The summed E-state index contributed by atoms with van der Waals surface area (Å²) in [5.74, 6) is -1.66.